The molecule has 1 N–H and O–H groups in total. The van der Waals surface area contributed by atoms with Crippen molar-refractivity contribution >= 4 is 35.3 Å². The minimum atomic E-state index is -0.133. The molecule has 0 saturated carbocycles. The summed E-state index contributed by atoms with van der Waals surface area (Å²) in [6, 6.07) is 11.1. The second-order valence-corrected chi connectivity index (χ2v) is 8.37. The highest BCUT2D eigenvalue weighted by molar-refractivity contribution is 8.04. The largest absolute Gasteiger partial charge is 0.493 e. The number of nitrogens with one attached hydrogen (secondary N) is 1. The molecule has 0 aromatic heterocycles. The van der Waals surface area contributed by atoms with Crippen molar-refractivity contribution in [3.05, 3.63) is 52.4 Å². The summed E-state index contributed by atoms with van der Waals surface area (Å²) < 4.78 is 11.0. The normalized spacial score (nSPS) is 15.5. The van der Waals surface area contributed by atoms with Crippen molar-refractivity contribution in [1.29, 1.82) is 0 Å². The van der Waals surface area contributed by atoms with Crippen molar-refractivity contribution in [2.45, 2.75) is 38.1 Å². The van der Waals surface area contributed by atoms with Crippen LogP contribution in [0.3, 0.4) is 0 Å². The number of anilines is 1. The van der Waals surface area contributed by atoms with E-state index in [1.54, 1.807) is 31.2 Å². The molecular weight excluding hydrogens is 412 g/mol. The number of hydrogen-bond donors (Lipinski definition) is 1. The monoisotopic (exact) mass is 440 g/mol. The van der Waals surface area contributed by atoms with Crippen LogP contribution in [0.1, 0.15) is 43.1 Å². The fourth-order valence-corrected chi connectivity index (χ4v) is 4.24. The fraction of sp³-hybridized carbons (Fsp3) is 0.333. The molecule has 1 aliphatic rings. The Bertz CT molecular complexity index is 1020. The van der Waals surface area contributed by atoms with E-state index in [0.717, 1.165) is 22.6 Å². The van der Waals surface area contributed by atoms with Gasteiger partial charge < -0.3 is 19.7 Å². The number of ether oxygens (including phenoxy) is 2. The number of benzene rings is 2. The molecule has 1 aliphatic heterocycles. The average Bonchev–Trinajstić information content (AvgIpc) is 2.78. The molecule has 0 fully saturated rings. The highest BCUT2D eigenvalue weighted by Crippen LogP contribution is 2.42. The SMILES string of the molecule is CCOc1ccc(/C=C2/Sc3ccc(C(=O)NC(C)CC)cc3N(C)C2=O)cc1OC. The molecule has 1 unspecified atom stereocenters. The van der Waals surface area contributed by atoms with Crippen molar-refractivity contribution in [2.75, 3.05) is 25.7 Å². The second-order valence-electron chi connectivity index (χ2n) is 7.28. The quantitative estimate of drug-likeness (QED) is 0.631. The fourth-order valence-electron chi connectivity index (χ4n) is 3.14. The van der Waals surface area contributed by atoms with E-state index in [1.807, 2.05) is 51.1 Å². The molecule has 0 spiro atoms. The van der Waals surface area contributed by atoms with Gasteiger partial charge in [0.2, 0.25) is 0 Å². The number of thioether (sulfide) groups is 1. The maximum absolute atomic E-state index is 13.0. The molecule has 0 aliphatic carbocycles. The second kappa shape index (κ2) is 9.92. The lowest BCUT2D eigenvalue weighted by molar-refractivity contribution is -0.114. The third-order valence-corrected chi connectivity index (χ3v) is 6.17. The van der Waals surface area contributed by atoms with Crippen LogP contribution in [0.4, 0.5) is 5.69 Å². The van der Waals surface area contributed by atoms with E-state index in [0.29, 0.717) is 28.6 Å². The van der Waals surface area contributed by atoms with Gasteiger partial charge in [-0.05, 0) is 62.2 Å². The molecule has 1 atom stereocenters. The van der Waals surface area contributed by atoms with Crippen LogP contribution in [-0.2, 0) is 4.79 Å². The highest BCUT2D eigenvalue weighted by atomic mass is 32.2. The van der Waals surface area contributed by atoms with Crippen LogP contribution in [0, 0.1) is 0 Å². The van der Waals surface area contributed by atoms with Gasteiger partial charge in [0.15, 0.2) is 11.5 Å². The Hall–Kier alpha value is -2.93. The van der Waals surface area contributed by atoms with E-state index in [9.17, 15) is 9.59 Å². The number of methoxy groups -OCH3 is 1. The Balaban J connectivity index is 1.88. The number of nitrogens with zero attached hydrogens (tertiary/aromatic N) is 1. The molecule has 2 aromatic rings. The third-order valence-electron chi connectivity index (χ3n) is 5.09. The van der Waals surface area contributed by atoms with Gasteiger partial charge in [-0.1, -0.05) is 24.8 Å². The summed E-state index contributed by atoms with van der Waals surface area (Å²) in [5.41, 5.74) is 2.12. The van der Waals surface area contributed by atoms with Crippen LogP contribution in [0.5, 0.6) is 11.5 Å². The third kappa shape index (κ3) is 5.05. The topological polar surface area (TPSA) is 67.9 Å². The lowest BCUT2D eigenvalue weighted by atomic mass is 10.1. The van der Waals surface area contributed by atoms with Crippen LogP contribution < -0.4 is 19.7 Å². The van der Waals surface area contributed by atoms with Crippen LogP contribution in [-0.4, -0.2) is 38.6 Å². The minimum Gasteiger partial charge on any atom is -0.493 e. The maximum Gasteiger partial charge on any atom is 0.264 e. The van der Waals surface area contributed by atoms with Gasteiger partial charge in [-0.25, -0.2) is 0 Å². The number of likely N-dealkylation sites (N-methyl/N-ethyl adjacent to an activating group) is 1. The van der Waals surface area contributed by atoms with Gasteiger partial charge >= 0.3 is 0 Å². The van der Waals surface area contributed by atoms with Crippen molar-refractivity contribution in [3.63, 3.8) is 0 Å². The van der Waals surface area contributed by atoms with E-state index in [2.05, 4.69) is 5.32 Å². The van der Waals surface area contributed by atoms with Crippen molar-refractivity contribution in [3.8, 4) is 11.5 Å². The predicted octanol–water partition coefficient (Wildman–Crippen LogP) is 4.73. The summed E-state index contributed by atoms with van der Waals surface area (Å²) in [4.78, 5) is 28.6. The van der Waals surface area contributed by atoms with Crippen LogP contribution in [0.25, 0.3) is 6.08 Å². The summed E-state index contributed by atoms with van der Waals surface area (Å²) in [7, 11) is 3.32. The molecule has 1 heterocycles. The van der Waals surface area contributed by atoms with E-state index in [1.165, 1.54) is 11.8 Å². The Morgan fingerprint density at radius 1 is 1.19 bits per heavy atom. The first kappa shape index (κ1) is 22.7. The van der Waals surface area contributed by atoms with Crippen LogP contribution >= 0.6 is 11.8 Å². The van der Waals surface area contributed by atoms with Gasteiger partial charge in [0.25, 0.3) is 11.8 Å². The first-order valence-electron chi connectivity index (χ1n) is 10.3. The smallest absolute Gasteiger partial charge is 0.264 e. The zero-order valence-electron chi connectivity index (χ0n) is 18.5. The van der Waals surface area contributed by atoms with Crippen molar-refractivity contribution in [1.82, 2.24) is 5.32 Å². The van der Waals surface area contributed by atoms with Gasteiger partial charge in [0, 0.05) is 23.5 Å². The number of carbonyl (C=O) groups is 2. The molecule has 3 rings (SSSR count). The number of rotatable bonds is 7. The van der Waals surface area contributed by atoms with Gasteiger partial charge in [0.1, 0.15) is 0 Å². The van der Waals surface area contributed by atoms with Gasteiger partial charge in [0.05, 0.1) is 24.3 Å². The summed E-state index contributed by atoms with van der Waals surface area (Å²) in [6.45, 7) is 6.45. The van der Waals surface area contributed by atoms with Crippen molar-refractivity contribution < 1.29 is 19.1 Å². The molecule has 0 bridgehead atoms. The highest BCUT2D eigenvalue weighted by Gasteiger charge is 2.27. The molecule has 2 amide bonds. The van der Waals surface area contributed by atoms with Gasteiger partial charge in [-0.15, -0.1) is 0 Å². The van der Waals surface area contributed by atoms with Crippen molar-refractivity contribution in [2.24, 2.45) is 0 Å². The first-order chi connectivity index (χ1) is 14.9. The average molecular weight is 441 g/mol. The molecule has 0 radical (unpaired) electrons. The minimum absolute atomic E-state index is 0.0953. The van der Waals surface area contributed by atoms with E-state index >= 15 is 0 Å². The summed E-state index contributed by atoms with van der Waals surface area (Å²) >= 11 is 1.40. The Labute approximate surface area is 187 Å². The molecule has 0 saturated heterocycles. The van der Waals surface area contributed by atoms with E-state index < -0.39 is 0 Å². The molecule has 31 heavy (non-hydrogen) atoms. The number of fused-ring (bicyclic) bond motifs is 1. The summed E-state index contributed by atoms with van der Waals surface area (Å²) in [5, 5.41) is 2.96. The van der Waals surface area contributed by atoms with Crippen LogP contribution in [0.2, 0.25) is 0 Å². The number of carbonyl (C=O) groups excluding carboxylic acids is 2. The maximum atomic E-state index is 13.0. The number of hydrogen-bond acceptors (Lipinski definition) is 5. The molecule has 7 heteroatoms. The van der Waals surface area contributed by atoms with E-state index in [-0.39, 0.29) is 17.9 Å². The zero-order chi connectivity index (χ0) is 22.5. The Kier molecular flexibility index (Phi) is 7.28. The standard InChI is InChI=1S/C24H28N2O4S/c1-6-15(3)25-23(27)17-9-11-21-18(14-17)26(4)24(28)22(31-21)13-16-8-10-19(30-7-2)20(12-16)29-5/h8-15H,6-7H2,1-5H3,(H,25,27)/b22-13+. The lowest BCUT2D eigenvalue weighted by Gasteiger charge is -2.27. The lowest BCUT2D eigenvalue weighted by Crippen LogP contribution is -2.33. The first-order valence-corrected chi connectivity index (χ1v) is 11.1. The summed E-state index contributed by atoms with van der Waals surface area (Å²) in [5.74, 6) is 1.03. The van der Waals surface area contributed by atoms with Gasteiger partial charge in [-0.2, -0.15) is 0 Å². The molecule has 2 aromatic carbocycles. The zero-order valence-corrected chi connectivity index (χ0v) is 19.3. The van der Waals surface area contributed by atoms with E-state index in [4.69, 9.17) is 9.47 Å². The van der Waals surface area contributed by atoms with Crippen LogP contribution in [0.15, 0.2) is 46.2 Å². The Morgan fingerprint density at radius 3 is 2.65 bits per heavy atom. The molecule has 6 nitrogen and oxygen atoms in total. The Morgan fingerprint density at radius 2 is 1.97 bits per heavy atom. The predicted molar refractivity (Wildman–Crippen MR) is 125 cm³/mol. The molecule has 164 valence electrons. The summed E-state index contributed by atoms with van der Waals surface area (Å²) in [6.07, 6.45) is 2.70. The number of amides is 2. The molecular formula is C24H28N2O4S. The van der Waals surface area contributed by atoms with Gasteiger partial charge in [-0.3, -0.25) is 9.59 Å².